The fourth-order valence-electron chi connectivity index (χ4n) is 1.77. The molecule has 2 aromatic rings. The van der Waals surface area contributed by atoms with Crippen molar-refractivity contribution in [3.63, 3.8) is 0 Å². The smallest absolute Gasteiger partial charge is 0.175 e. The minimum Gasteiger partial charge on any atom is -0.497 e. The molecule has 7 heteroatoms. The van der Waals surface area contributed by atoms with Gasteiger partial charge in [0, 0.05) is 17.8 Å². The lowest BCUT2D eigenvalue weighted by Crippen LogP contribution is -2.19. The van der Waals surface area contributed by atoms with Crippen LogP contribution in [-0.4, -0.2) is 19.3 Å². The van der Waals surface area contributed by atoms with Crippen molar-refractivity contribution < 1.29 is 18.3 Å². The fourth-order valence-corrected chi connectivity index (χ4v) is 2.00. The molecule has 2 aromatic carbocycles. The molecule has 0 bridgehead atoms. The van der Waals surface area contributed by atoms with Gasteiger partial charge in [0.1, 0.15) is 11.5 Å². The normalized spacial score (nSPS) is 10.0. The summed E-state index contributed by atoms with van der Waals surface area (Å²) in [5, 5.41) is 5.89. The second kappa shape index (κ2) is 7.04. The van der Waals surface area contributed by atoms with Crippen LogP contribution in [0.25, 0.3) is 0 Å². The van der Waals surface area contributed by atoms with Crippen molar-refractivity contribution in [3.8, 4) is 11.5 Å². The van der Waals surface area contributed by atoms with Crippen LogP contribution < -0.4 is 20.1 Å². The first-order valence-corrected chi connectivity index (χ1v) is 6.69. The minimum absolute atomic E-state index is 0.206. The van der Waals surface area contributed by atoms with E-state index in [1.807, 2.05) is 0 Å². The predicted octanol–water partition coefficient (Wildman–Crippen LogP) is 3.79. The van der Waals surface area contributed by atoms with Crippen LogP contribution >= 0.6 is 12.2 Å². The third-order valence-corrected chi connectivity index (χ3v) is 3.04. The van der Waals surface area contributed by atoms with Gasteiger partial charge in [0.2, 0.25) is 0 Å². The molecule has 22 heavy (non-hydrogen) atoms. The topological polar surface area (TPSA) is 42.5 Å². The second-order valence-electron chi connectivity index (χ2n) is 4.27. The van der Waals surface area contributed by atoms with E-state index in [1.54, 1.807) is 25.3 Å². The van der Waals surface area contributed by atoms with Gasteiger partial charge in [-0.05, 0) is 36.5 Å². The Morgan fingerprint density at radius 1 is 0.955 bits per heavy atom. The number of benzene rings is 2. The van der Waals surface area contributed by atoms with Gasteiger partial charge in [0.05, 0.1) is 19.9 Å². The number of thiocarbonyl (C=S) groups is 1. The second-order valence-corrected chi connectivity index (χ2v) is 4.68. The Bertz CT molecular complexity index is 695. The summed E-state index contributed by atoms with van der Waals surface area (Å²) < 4.78 is 36.4. The lowest BCUT2D eigenvalue weighted by atomic mass is 10.2. The summed E-state index contributed by atoms with van der Waals surface area (Å²) in [6.07, 6.45) is 0. The van der Waals surface area contributed by atoms with Crippen molar-refractivity contribution in [1.29, 1.82) is 0 Å². The molecule has 0 saturated carbocycles. The van der Waals surface area contributed by atoms with Crippen LogP contribution in [0, 0.1) is 11.6 Å². The van der Waals surface area contributed by atoms with Crippen molar-refractivity contribution in [1.82, 2.24) is 0 Å². The molecule has 2 N–H and O–H groups in total. The van der Waals surface area contributed by atoms with E-state index in [4.69, 9.17) is 21.7 Å². The van der Waals surface area contributed by atoms with Gasteiger partial charge >= 0.3 is 0 Å². The molecule has 4 nitrogen and oxygen atoms in total. The van der Waals surface area contributed by atoms with E-state index in [1.165, 1.54) is 13.2 Å². The lowest BCUT2D eigenvalue weighted by molar-refractivity contribution is 0.405. The molecule has 0 spiro atoms. The van der Waals surface area contributed by atoms with Crippen molar-refractivity contribution >= 4 is 28.7 Å². The average Bonchev–Trinajstić information content (AvgIpc) is 2.50. The predicted molar refractivity (Wildman–Crippen MR) is 85.7 cm³/mol. The highest BCUT2D eigenvalue weighted by molar-refractivity contribution is 7.80. The maximum atomic E-state index is 13.2. The third kappa shape index (κ3) is 3.82. The number of nitrogens with one attached hydrogen (secondary N) is 2. The Balaban J connectivity index is 2.12. The zero-order valence-electron chi connectivity index (χ0n) is 11.9. The summed E-state index contributed by atoms with van der Waals surface area (Å²) in [5.74, 6) is -0.681. The van der Waals surface area contributed by atoms with E-state index >= 15 is 0 Å². The highest BCUT2D eigenvalue weighted by Crippen LogP contribution is 2.29. The Labute approximate surface area is 132 Å². The highest BCUT2D eigenvalue weighted by Gasteiger charge is 2.08. The van der Waals surface area contributed by atoms with Gasteiger partial charge < -0.3 is 20.1 Å². The summed E-state index contributed by atoms with van der Waals surface area (Å²) >= 11 is 5.15. The summed E-state index contributed by atoms with van der Waals surface area (Å²) in [4.78, 5) is 0. The van der Waals surface area contributed by atoms with Crippen LogP contribution in [0.4, 0.5) is 20.2 Å². The monoisotopic (exact) mass is 324 g/mol. The van der Waals surface area contributed by atoms with Crippen LogP contribution in [0.3, 0.4) is 0 Å². The molecule has 0 radical (unpaired) electrons. The molecule has 0 amide bonds. The third-order valence-electron chi connectivity index (χ3n) is 2.83. The molecule has 0 aliphatic carbocycles. The number of rotatable bonds is 4. The molecule has 0 aromatic heterocycles. The van der Waals surface area contributed by atoms with E-state index in [0.717, 1.165) is 12.1 Å². The fraction of sp³-hybridized carbons (Fsp3) is 0.133. The number of hydrogen-bond donors (Lipinski definition) is 2. The maximum Gasteiger partial charge on any atom is 0.175 e. The first-order chi connectivity index (χ1) is 10.5. The van der Waals surface area contributed by atoms with Gasteiger partial charge in [-0.3, -0.25) is 0 Å². The van der Waals surface area contributed by atoms with Crippen molar-refractivity contribution in [2.75, 3.05) is 24.9 Å². The van der Waals surface area contributed by atoms with Gasteiger partial charge in [-0.2, -0.15) is 0 Å². The van der Waals surface area contributed by atoms with Crippen molar-refractivity contribution in [2.45, 2.75) is 0 Å². The van der Waals surface area contributed by atoms with E-state index in [9.17, 15) is 8.78 Å². The van der Waals surface area contributed by atoms with Crippen LogP contribution in [0.5, 0.6) is 11.5 Å². The quantitative estimate of drug-likeness (QED) is 0.838. The molecule has 2 rings (SSSR count). The minimum atomic E-state index is -0.952. The van der Waals surface area contributed by atoms with Gasteiger partial charge in [0.15, 0.2) is 16.7 Å². The average molecular weight is 324 g/mol. The van der Waals surface area contributed by atoms with Gasteiger partial charge in [-0.15, -0.1) is 0 Å². The zero-order valence-corrected chi connectivity index (χ0v) is 12.8. The molecular formula is C15H14F2N2O2S. The molecule has 0 heterocycles. The molecule has 0 unspecified atom stereocenters. The number of methoxy groups -OCH3 is 2. The molecule has 0 aliphatic rings. The first-order valence-electron chi connectivity index (χ1n) is 6.28. The molecule has 0 fully saturated rings. The highest BCUT2D eigenvalue weighted by atomic mass is 32.1. The maximum absolute atomic E-state index is 13.2. The zero-order chi connectivity index (χ0) is 16.1. The largest absolute Gasteiger partial charge is 0.497 e. The van der Waals surface area contributed by atoms with Crippen LogP contribution in [0.2, 0.25) is 0 Å². The van der Waals surface area contributed by atoms with Crippen LogP contribution in [-0.2, 0) is 0 Å². The van der Waals surface area contributed by atoms with Crippen molar-refractivity contribution in [3.05, 3.63) is 48.0 Å². The standard InChI is InChI=1S/C15H14F2N2O2S/c1-20-10-4-6-14(21-2)13(8-10)19-15(22)18-9-3-5-11(16)12(17)7-9/h3-8H,1-2H3,(H2,18,19,22). The summed E-state index contributed by atoms with van der Waals surface area (Å²) in [5.41, 5.74) is 0.917. The first kappa shape index (κ1) is 16.0. The SMILES string of the molecule is COc1ccc(OC)c(NC(=S)Nc2ccc(F)c(F)c2)c1. The van der Waals surface area contributed by atoms with Crippen LogP contribution in [0.1, 0.15) is 0 Å². The van der Waals surface area contributed by atoms with E-state index in [0.29, 0.717) is 22.9 Å². The molecule has 0 aliphatic heterocycles. The Morgan fingerprint density at radius 3 is 2.36 bits per heavy atom. The lowest BCUT2D eigenvalue weighted by Gasteiger charge is -2.14. The molecule has 116 valence electrons. The summed E-state index contributed by atoms with van der Waals surface area (Å²) in [7, 11) is 3.07. The van der Waals surface area contributed by atoms with Crippen molar-refractivity contribution in [2.24, 2.45) is 0 Å². The van der Waals surface area contributed by atoms with Gasteiger partial charge in [0.25, 0.3) is 0 Å². The van der Waals surface area contributed by atoms with E-state index in [-0.39, 0.29) is 5.11 Å². The summed E-state index contributed by atoms with van der Waals surface area (Å²) in [6, 6.07) is 8.60. The number of halogens is 2. The Hall–Kier alpha value is -2.41. The molecule has 0 atom stereocenters. The number of ether oxygens (including phenoxy) is 2. The number of hydrogen-bond acceptors (Lipinski definition) is 3. The van der Waals surface area contributed by atoms with Gasteiger partial charge in [-0.25, -0.2) is 8.78 Å². The number of anilines is 2. The molecule has 0 saturated heterocycles. The molecular weight excluding hydrogens is 310 g/mol. The van der Waals surface area contributed by atoms with E-state index in [2.05, 4.69) is 10.6 Å². The summed E-state index contributed by atoms with van der Waals surface area (Å²) in [6.45, 7) is 0. The van der Waals surface area contributed by atoms with Gasteiger partial charge in [-0.1, -0.05) is 0 Å². The Kier molecular flexibility index (Phi) is 5.11. The Morgan fingerprint density at radius 2 is 1.73 bits per heavy atom. The van der Waals surface area contributed by atoms with Crippen LogP contribution in [0.15, 0.2) is 36.4 Å². The van der Waals surface area contributed by atoms with E-state index < -0.39 is 11.6 Å².